The van der Waals surface area contributed by atoms with Crippen LogP contribution in [0.15, 0.2) is 35.3 Å². The Kier molecular flexibility index (Phi) is 5.82. The minimum Gasteiger partial charge on any atom is -0.476 e. The van der Waals surface area contributed by atoms with E-state index in [2.05, 4.69) is 29.0 Å². The van der Waals surface area contributed by atoms with Crippen LogP contribution in [0.1, 0.15) is 61.3 Å². The minimum absolute atomic E-state index is 0.174. The number of hydrogen-bond donors (Lipinski definition) is 2. The van der Waals surface area contributed by atoms with E-state index in [1.165, 1.54) is 10.5 Å². The summed E-state index contributed by atoms with van der Waals surface area (Å²) in [7, 11) is 0. The highest BCUT2D eigenvalue weighted by Crippen LogP contribution is 2.32. The number of pyridine rings is 2. The predicted molar refractivity (Wildman–Crippen MR) is 125 cm³/mol. The summed E-state index contributed by atoms with van der Waals surface area (Å²) in [6.07, 6.45) is 3.77. The molecule has 0 amide bonds. The number of rotatable bonds is 5. The summed E-state index contributed by atoms with van der Waals surface area (Å²) in [4.78, 5) is 35.0. The molecule has 8 nitrogen and oxygen atoms in total. The van der Waals surface area contributed by atoms with E-state index in [0.29, 0.717) is 11.5 Å². The third-order valence-corrected chi connectivity index (χ3v) is 6.26. The number of fused-ring (bicyclic) bond motifs is 1. The van der Waals surface area contributed by atoms with Crippen LogP contribution in [0.3, 0.4) is 0 Å². The molecule has 0 aliphatic carbocycles. The zero-order chi connectivity index (χ0) is 23.9. The van der Waals surface area contributed by atoms with Gasteiger partial charge in [-0.1, -0.05) is 13.8 Å². The molecule has 2 N–H and O–H groups in total. The Bertz CT molecular complexity index is 1280. The molecule has 4 rings (SSSR count). The van der Waals surface area contributed by atoms with E-state index in [0.717, 1.165) is 43.1 Å². The lowest BCUT2D eigenvalue weighted by Gasteiger charge is -2.37. The van der Waals surface area contributed by atoms with Crippen LogP contribution in [0.2, 0.25) is 0 Å². The lowest BCUT2D eigenvalue weighted by molar-refractivity contribution is 0.0690. The zero-order valence-electron chi connectivity index (χ0n) is 19.2. The number of piperidine rings is 1. The van der Waals surface area contributed by atoms with Gasteiger partial charge in [0.25, 0.3) is 5.56 Å². The van der Waals surface area contributed by atoms with Crippen molar-refractivity contribution in [1.29, 1.82) is 0 Å². The second-order valence-electron chi connectivity index (χ2n) is 9.47. The largest absolute Gasteiger partial charge is 0.476 e. The van der Waals surface area contributed by atoms with E-state index in [1.54, 1.807) is 12.3 Å². The summed E-state index contributed by atoms with van der Waals surface area (Å²) >= 11 is 0. The maximum absolute atomic E-state index is 13.5. The molecule has 0 saturated carbocycles. The summed E-state index contributed by atoms with van der Waals surface area (Å²) < 4.78 is 15.0. The first-order chi connectivity index (χ1) is 15.5. The molecule has 1 unspecified atom stereocenters. The molecule has 1 saturated heterocycles. The number of hydrogen-bond acceptors (Lipinski definition) is 6. The fourth-order valence-electron chi connectivity index (χ4n) is 4.21. The van der Waals surface area contributed by atoms with Gasteiger partial charge in [-0.05, 0) is 55.9 Å². The van der Waals surface area contributed by atoms with Gasteiger partial charge in [0.05, 0.1) is 11.7 Å². The summed E-state index contributed by atoms with van der Waals surface area (Å²) in [5, 5.41) is 12.5. The van der Waals surface area contributed by atoms with Crippen molar-refractivity contribution in [1.82, 2.24) is 14.4 Å². The molecular formula is C24H28FN5O3. The van der Waals surface area contributed by atoms with Crippen molar-refractivity contribution in [2.75, 3.05) is 23.3 Å². The van der Waals surface area contributed by atoms with Crippen molar-refractivity contribution in [3.8, 4) is 0 Å². The smallest absolute Gasteiger partial charge is 0.356 e. The highest BCUT2D eigenvalue weighted by Gasteiger charge is 2.27. The molecule has 3 aromatic heterocycles. The molecular weight excluding hydrogens is 425 g/mol. The van der Waals surface area contributed by atoms with Crippen LogP contribution in [-0.4, -0.2) is 38.5 Å². The van der Waals surface area contributed by atoms with Gasteiger partial charge in [-0.15, -0.1) is 0 Å². The van der Waals surface area contributed by atoms with Gasteiger partial charge in [0.15, 0.2) is 5.69 Å². The summed E-state index contributed by atoms with van der Waals surface area (Å²) in [6.45, 7) is 9.87. The maximum atomic E-state index is 13.5. The molecule has 33 heavy (non-hydrogen) atoms. The summed E-state index contributed by atoms with van der Waals surface area (Å²) in [5.41, 5.74) is 1.97. The number of nitrogens with zero attached hydrogens (tertiary/aromatic N) is 4. The monoisotopic (exact) mass is 453 g/mol. The Morgan fingerprint density at radius 2 is 1.91 bits per heavy atom. The molecule has 1 aliphatic heterocycles. The van der Waals surface area contributed by atoms with Crippen molar-refractivity contribution >= 4 is 23.1 Å². The van der Waals surface area contributed by atoms with Crippen molar-refractivity contribution in [2.45, 2.75) is 46.6 Å². The lowest BCUT2D eigenvalue weighted by Crippen LogP contribution is -2.38. The first-order valence-electron chi connectivity index (χ1n) is 11.0. The fraction of sp³-hybridized carbons (Fsp3) is 0.417. The van der Waals surface area contributed by atoms with Gasteiger partial charge in [0.1, 0.15) is 11.5 Å². The van der Waals surface area contributed by atoms with E-state index in [1.807, 2.05) is 19.9 Å². The van der Waals surface area contributed by atoms with Gasteiger partial charge in [-0.2, -0.15) is 4.39 Å². The number of carboxylic acid groups (broad SMARTS) is 1. The Morgan fingerprint density at radius 1 is 1.21 bits per heavy atom. The zero-order valence-corrected chi connectivity index (χ0v) is 19.2. The molecule has 0 radical (unpaired) electrons. The third-order valence-electron chi connectivity index (χ3n) is 6.26. The molecule has 1 aliphatic rings. The summed E-state index contributed by atoms with van der Waals surface area (Å²) in [6, 6.07) is 5.52. The average Bonchev–Trinajstić information content (AvgIpc) is 2.74. The van der Waals surface area contributed by atoms with Crippen LogP contribution in [-0.2, 0) is 0 Å². The van der Waals surface area contributed by atoms with Crippen molar-refractivity contribution in [3.05, 3.63) is 63.6 Å². The maximum Gasteiger partial charge on any atom is 0.356 e. The normalized spacial score (nSPS) is 16.6. The molecule has 3 aromatic rings. The fourth-order valence-corrected chi connectivity index (χ4v) is 4.21. The van der Waals surface area contributed by atoms with Crippen LogP contribution in [0.4, 0.5) is 15.9 Å². The Labute approximate surface area is 191 Å². The predicted octanol–water partition coefficient (Wildman–Crippen LogP) is 4.03. The Morgan fingerprint density at radius 3 is 2.58 bits per heavy atom. The van der Waals surface area contributed by atoms with Crippen molar-refractivity contribution in [3.63, 3.8) is 0 Å². The van der Waals surface area contributed by atoms with Crippen LogP contribution in [0, 0.1) is 18.3 Å². The number of carboxylic acids is 1. The molecule has 0 spiro atoms. The van der Waals surface area contributed by atoms with E-state index in [-0.39, 0.29) is 16.7 Å². The first-order valence-corrected chi connectivity index (χ1v) is 11.0. The van der Waals surface area contributed by atoms with Gasteiger partial charge < -0.3 is 15.3 Å². The SMILES string of the molecule is Cc1cc(C(C)Nc2ccc(F)nc2C(=O)O)c2nc(N3CCC(C)(C)CC3)cc(=O)n2c1. The Hall–Kier alpha value is -3.49. The average molecular weight is 454 g/mol. The third kappa shape index (κ3) is 4.67. The van der Waals surface area contributed by atoms with Crippen LogP contribution >= 0.6 is 0 Å². The number of halogens is 1. The molecule has 174 valence electrons. The quantitative estimate of drug-likeness (QED) is 0.563. The molecule has 0 aromatic carbocycles. The molecule has 1 fully saturated rings. The lowest BCUT2D eigenvalue weighted by atomic mass is 9.83. The van der Waals surface area contributed by atoms with Crippen LogP contribution < -0.4 is 15.8 Å². The number of carbonyl (C=O) groups is 1. The van der Waals surface area contributed by atoms with E-state index in [4.69, 9.17) is 4.98 Å². The van der Waals surface area contributed by atoms with E-state index >= 15 is 0 Å². The van der Waals surface area contributed by atoms with Crippen molar-refractivity contribution in [2.24, 2.45) is 5.41 Å². The van der Waals surface area contributed by atoms with E-state index < -0.39 is 23.7 Å². The van der Waals surface area contributed by atoms with Crippen LogP contribution in [0.5, 0.6) is 0 Å². The topological polar surface area (TPSA) is 99.8 Å². The van der Waals surface area contributed by atoms with Gasteiger partial charge >= 0.3 is 5.97 Å². The first kappa shape index (κ1) is 22.7. The molecule has 9 heteroatoms. The van der Waals surface area contributed by atoms with Gasteiger partial charge in [-0.25, -0.2) is 14.8 Å². The van der Waals surface area contributed by atoms with E-state index in [9.17, 15) is 19.1 Å². The van der Waals surface area contributed by atoms with Crippen molar-refractivity contribution < 1.29 is 14.3 Å². The molecule has 0 bridgehead atoms. The molecule has 1 atom stereocenters. The highest BCUT2D eigenvalue weighted by atomic mass is 19.1. The number of anilines is 2. The number of aromatic carboxylic acids is 1. The second-order valence-corrected chi connectivity index (χ2v) is 9.47. The van der Waals surface area contributed by atoms with Gasteiger partial charge in [0, 0.05) is 30.9 Å². The summed E-state index contributed by atoms with van der Waals surface area (Å²) in [5.74, 6) is -1.56. The standard InChI is InChI=1S/C24H28FN5O3/c1-14-11-16(15(2)26-17-5-6-18(25)27-21(17)23(32)33)22-28-19(12-20(31)30(22)13-14)29-9-7-24(3,4)8-10-29/h5-6,11-13,15,26H,7-10H2,1-4H3,(H,32,33). The Balaban J connectivity index is 1.75. The number of nitrogens with one attached hydrogen (secondary N) is 1. The number of aryl methyl sites for hydroxylation is 1. The number of aromatic nitrogens is 3. The second kappa shape index (κ2) is 8.46. The van der Waals surface area contributed by atoms with Gasteiger partial charge in [-0.3, -0.25) is 9.20 Å². The van der Waals surface area contributed by atoms with Crippen LogP contribution in [0.25, 0.3) is 5.65 Å². The van der Waals surface area contributed by atoms with Gasteiger partial charge in [0.2, 0.25) is 5.95 Å². The minimum atomic E-state index is -1.33. The highest BCUT2D eigenvalue weighted by molar-refractivity contribution is 5.92. The molecule has 4 heterocycles.